The van der Waals surface area contributed by atoms with Crippen LogP contribution in [0.2, 0.25) is 0 Å². The molecule has 1 aromatic carbocycles. The Bertz CT molecular complexity index is 605. The molecule has 2 N–H and O–H groups in total. The Balaban J connectivity index is 2.07. The van der Waals surface area contributed by atoms with Crippen LogP contribution in [0.3, 0.4) is 0 Å². The molecule has 3 nitrogen and oxygen atoms in total. The maximum absolute atomic E-state index is 4.31. The number of fused-ring (bicyclic) bond motifs is 1. The van der Waals surface area contributed by atoms with Gasteiger partial charge in [-0.05, 0) is 24.3 Å². The molecule has 0 aliphatic rings. The zero-order valence-electron chi connectivity index (χ0n) is 9.57. The van der Waals surface area contributed by atoms with Gasteiger partial charge in [-0.2, -0.15) is 0 Å². The second-order valence-electron chi connectivity index (χ2n) is 3.95. The number of aromatic nitrogens is 2. The van der Waals surface area contributed by atoms with E-state index in [2.05, 4.69) is 39.6 Å². The molecule has 84 valence electrons. The molecule has 0 spiro atoms. The van der Waals surface area contributed by atoms with Gasteiger partial charge in [-0.3, -0.25) is 0 Å². The third-order valence-electron chi connectivity index (χ3n) is 2.86. The van der Waals surface area contributed by atoms with E-state index in [0.29, 0.717) is 0 Å². The Labute approximate surface area is 99.5 Å². The first-order valence-electron chi connectivity index (χ1n) is 5.59. The minimum Gasteiger partial charge on any atom is -0.373 e. The van der Waals surface area contributed by atoms with Crippen molar-refractivity contribution in [2.45, 2.75) is 0 Å². The van der Waals surface area contributed by atoms with E-state index in [9.17, 15) is 0 Å². The molecule has 0 amide bonds. The predicted molar refractivity (Wildman–Crippen MR) is 71.1 cm³/mol. The second kappa shape index (κ2) is 3.94. The van der Waals surface area contributed by atoms with Crippen molar-refractivity contribution in [2.24, 2.45) is 0 Å². The van der Waals surface area contributed by atoms with Crippen molar-refractivity contribution in [1.82, 2.24) is 9.97 Å². The molecule has 2 heterocycles. The SMILES string of the molecule is CNc1ccc(-c2cc3ccccc3[nH]2)cn1. The highest BCUT2D eigenvalue weighted by Crippen LogP contribution is 2.23. The summed E-state index contributed by atoms with van der Waals surface area (Å²) in [4.78, 5) is 7.70. The average Bonchev–Trinajstić information content (AvgIpc) is 2.82. The van der Waals surface area contributed by atoms with E-state index in [1.807, 2.05) is 31.4 Å². The molecule has 0 saturated carbocycles. The maximum atomic E-state index is 4.31. The van der Waals surface area contributed by atoms with Crippen LogP contribution in [0, 0.1) is 0 Å². The van der Waals surface area contributed by atoms with Crippen molar-refractivity contribution in [1.29, 1.82) is 0 Å². The van der Waals surface area contributed by atoms with E-state index < -0.39 is 0 Å². The number of aromatic amines is 1. The van der Waals surface area contributed by atoms with Gasteiger partial charge in [0.15, 0.2) is 0 Å². The number of hydrogen-bond acceptors (Lipinski definition) is 2. The van der Waals surface area contributed by atoms with Gasteiger partial charge in [-0.15, -0.1) is 0 Å². The Morgan fingerprint density at radius 1 is 1.12 bits per heavy atom. The smallest absolute Gasteiger partial charge is 0.125 e. The van der Waals surface area contributed by atoms with Crippen molar-refractivity contribution in [3.8, 4) is 11.3 Å². The highest BCUT2D eigenvalue weighted by atomic mass is 14.9. The van der Waals surface area contributed by atoms with Gasteiger partial charge >= 0.3 is 0 Å². The summed E-state index contributed by atoms with van der Waals surface area (Å²) in [7, 11) is 1.87. The number of anilines is 1. The lowest BCUT2D eigenvalue weighted by Gasteiger charge is -2.00. The van der Waals surface area contributed by atoms with Crippen LogP contribution < -0.4 is 5.32 Å². The average molecular weight is 223 g/mol. The summed E-state index contributed by atoms with van der Waals surface area (Å²) in [6.07, 6.45) is 1.87. The number of nitrogens with zero attached hydrogens (tertiary/aromatic N) is 1. The van der Waals surface area contributed by atoms with Crippen LogP contribution in [0.1, 0.15) is 0 Å². The zero-order valence-corrected chi connectivity index (χ0v) is 9.57. The van der Waals surface area contributed by atoms with Crippen molar-refractivity contribution < 1.29 is 0 Å². The first kappa shape index (κ1) is 9.90. The van der Waals surface area contributed by atoms with Gasteiger partial charge in [0.1, 0.15) is 5.82 Å². The van der Waals surface area contributed by atoms with Crippen LogP contribution in [0.15, 0.2) is 48.7 Å². The van der Waals surface area contributed by atoms with Crippen LogP contribution in [0.25, 0.3) is 22.2 Å². The lowest BCUT2D eigenvalue weighted by Crippen LogP contribution is -1.91. The number of H-pyrrole nitrogens is 1. The number of para-hydroxylation sites is 1. The first-order valence-corrected chi connectivity index (χ1v) is 5.59. The van der Waals surface area contributed by atoms with E-state index in [1.54, 1.807) is 0 Å². The molecule has 0 aliphatic carbocycles. The molecular formula is C14H13N3. The summed E-state index contributed by atoms with van der Waals surface area (Å²) < 4.78 is 0. The molecule has 0 radical (unpaired) electrons. The minimum absolute atomic E-state index is 0.880. The van der Waals surface area contributed by atoms with Crippen molar-refractivity contribution in [2.75, 3.05) is 12.4 Å². The number of rotatable bonds is 2. The molecule has 0 saturated heterocycles. The monoisotopic (exact) mass is 223 g/mol. The Morgan fingerprint density at radius 3 is 2.71 bits per heavy atom. The molecule has 0 fully saturated rings. The van der Waals surface area contributed by atoms with Crippen LogP contribution in [-0.2, 0) is 0 Å². The lowest BCUT2D eigenvalue weighted by molar-refractivity contribution is 1.28. The minimum atomic E-state index is 0.880. The van der Waals surface area contributed by atoms with Crippen LogP contribution in [-0.4, -0.2) is 17.0 Å². The topological polar surface area (TPSA) is 40.7 Å². The molecule has 2 aromatic heterocycles. The van der Waals surface area contributed by atoms with E-state index in [-0.39, 0.29) is 0 Å². The molecule has 0 unspecified atom stereocenters. The van der Waals surface area contributed by atoms with Crippen molar-refractivity contribution in [3.05, 3.63) is 48.7 Å². The van der Waals surface area contributed by atoms with Gasteiger partial charge in [-0.1, -0.05) is 18.2 Å². The summed E-state index contributed by atoms with van der Waals surface area (Å²) in [5.74, 6) is 0.880. The maximum Gasteiger partial charge on any atom is 0.125 e. The lowest BCUT2D eigenvalue weighted by atomic mass is 10.2. The highest BCUT2D eigenvalue weighted by molar-refractivity contribution is 5.85. The van der Waals surface area contributed by atoms with Crippen LogP contribution in [0.5, 0.6) is 0 Å². The van der Waals surface area contributed by atoms with Crippen LogP contribution in [0.4, 0.5) is 5.82 Å². The summed E-state index contributed by atoms with van der Waals surface area (Å²) in [5, 5.41) is 4.23. The van der Waals surface area contributed by atoms with Gasteiger partial charge in [0.05, 0.1) is 0 Å². The molecule has 0 atom stereocenters. The summed E-state index contributed by atoms with van der Waals surface area (Å²) in [5.41, 5.74) is 3.35. The predicted octanol–water partition coefficient (Wildman–Crippen LogP) is 3.27. The van der Waals surface area contributed by atoms with Gasteiger partial charge in [0, 0.05) is 35.4 Å². The van der Waals surface area contributed by atoms with Gasteiger partial charge in [0.2, 0.25) is 0 Å². The Morgan fingerprint density at radius 2 is 2.00 bits per heavy atom. The fourth-order valence-corrected chi connectivity index (χ4v) is 1.93. The van der Waals surface area contributed by atoms with E-state index in [4.69, 9.17) is 0 Å². The van der Waals surface area contributed by atoms with Gasteiger partial charge in [-0.25, -0.2) is 4.98 Å². The van der Waals surface area contributed by atoms with Crippen molar-refractivity contribution in [3.63, 3.8) is 0 Å². The molecule has 0 bridgehead atoms. The molecule has 0 aliphatic heterocycles. The van der Waals surface area contributed by atoms with Crippen molar-refractivity contribution >= 4 is 16.7 Å². The molecule has 17 heavy (non-hydrogen) atoms. The van der Waals surface area contributed by atoms with Crippen LogP contribution >= 0.6 is 0 Å². The molecular weight excluding hydrogens is 210 g/mol. The first-order chi connectivity index (χ1) is 8.36. The highest BCUT2D eigenvalue weighted by Gasteiger charge is 2.02. The molecule has 3 rings (SSSR count). The largest absolute Gasteiger partial charge is 0.373 e. The second-order valence-corrected chi connectivity index (χ2v) is 3.95. The Hall–Kier alpha value is -2.29. The number of nitrogens with one attached hydrogen (secondary N) is 2. The van der Waals surface area contributed by atoms with Gasteiger partial charge in [0.25, 0.3) is 0 Å². The van der Waals surface area contributed by atoms with E-state index >= 15 is 0 Å². The normalized spacial score (nSPS) is 10.6. The molecule has 3 aromatic rings. The van der Waals surface area contributed by atoms with E-state index in [1.165, 1.54) is 5.39 Å². The summed E-state index contributed by atoms with van der Waals surface area (Å²) in [6, 6.07) is 14.4. The summed E-state index contributed by atoms with van der Waals surface area (Å²) in [6.45, 7) is 0. The number of pyridine rings is 1. The fourth-order valence-electron chi connectivity index (χ4n) is 1.93. The third-order valence-corrected chi connectivity index (χ3v) is 2.86. The number of benzene rings is 1. The van der Waals surface area contributed by atoms with Gasteiger partial charge < -0.3 is 10.3 Å². The Kier molecular flexibility index (Phi) is 2.29. The number of hydrogen-bond donors (Lipinski definition) is 2. The van der Waals surface area contributed by atoms with E-state index in [0.717, 1.165) is 22.6 Å². The summed E-state index contributed by atoms with van der Waals surface area (Å²) >= 11 is 0. The zero-order chi connectivity index (χ0) is 11.7. The quantitative estimate of drug-likeness (QED) is 0.700. The molecule has 3 heteroatoms. The third kappa shape index (κ3) is 1.76. The fraction of sp³-hybridized carbons (Fsp3) is 0.0714. The standard InChI is InChI=1S/C14H13N3/c1-15-14-7-6-11(9-16-14)13-8-10-4-2-3-5-12(10)17-13/h2-9,17H,1H3,(H,15,16).